The Morgan fingerprint density at radius 3 is 2.68 bits per heavy atom. The number of aromatic amines is 1. The lowest BCUT2D eigenvalue weighted by Crippen LogP contribution is -2.06. The number of ether oxygens (including phenoxy) is 1. The molecule has 1 aromatic carbocycles. The highest BCUT2D eigenvalue weighted by molar-refractivity contribution is 7.71. The quantitative estimate of drug-likeness (QED) is 0.435. The first-order valence-corrected chi connectivity index (χ1v) is 9.41. The maximum absolute atomic E-state index is 6.27. The molecule has 5 nitrogen and oxygen atoms in total. The van der Waals surface area contributed by atoms with Crippen molar-refractivity contribution in [3.05, 3.63) is 50.0 Å². The Morgan fingerprint density at radius 2 is 2.08 bits per heavy atom. The van der Waals surface area contributed by atoms with Crippen molar-refractivity contribution in [2.75, 3.05) is 0 Å². The number of nitrogens with one attached hydrogen (secondary N) is 1. The van der Waals surface area contributed by atoms with Crippen LogP contribution in [0.2, 0.25) is 10.0 Å². The van der Waals surface area contributed by atoms with Gasteiger partial charge in [0.05, 0.1) is 27.2 Å². The van der Waals surface area contributed by atoms with Crippen LogP contribution in [0, 0.1) is 4.77 Å². The molecule has 0 atom stereocenters. The second kappa shape index (κ2) is 7.70. The van der Waals surface area contributed by atoms with Gasteiger partial charge in [0.2, 0.25) is 4.77 Å². The molecule has 0 aliphatic rings. The van der Waals surface area contributed by atoms with Crippen LogP contribution < -0.4 is 4.74 Å². The Kier molecular flexibility index (Phi) is 5.58. The molecule has 0 bridgehead atoms. The van der Waals surface area contributed by atoms with Gasteiger partial charge in [0.1, 0.15) is 0 Å². The van der Waals surface area contributed by atoms with Gasteiger partial charge >= 0.3 is 0 Å². The molecule has 2 heterocycles. The highest BCUT2D eigenvalue weighted by Crippen LogP contribution is 2.34. The van der Waals surface area contributed by atoms with Crippen LogP contribution in [-0.4, -0.2) is 27.2 Å². The van der Waals surface area contributed by atoms with Crippen LogP contribution >= 0.6 is 46.8 Å². The van der Waals surface area contributed by atoms with E-state index in [4.69, 9.17) is 40.2 Å². The van der Waals surface area contributed by atoms with Gasteiger partial charge < -0.3 is 4.74 Å². The molecule has 1 N–H and O–H groups in total. The number of benzene rings is 1. The van der Waals surface area contributed by atoms with Crippen molar-refractivity contribution in [2.24, 2.45) is 5.10 Å². The summed E-state index contributed by atoms with van der Waals surface area (Å²) in [5, 5.41) is 14.2. The summed E-state index contributed by atoms with van der Waals surface area (Å²) < 4.78 is 7.58. The molecule has 0 saturated heterocycles. The fourth-order valence-electron chi connectivity index (χ4n) is 2.09. The number of hydrogen-bond acceptors (Lipinski definition) is 5. The molecule has 0 amide bonds. The Bertz CT molecular complexity index is 938. The number of halogens is 2. The van der Waals surface area contributed by atoms with Crippen LogP contribution in [0.3, 0.4) is 0 Å². The maximum atomic E-state index is 6.27. The highest BCUT2D eigenvalue weighted by atomic mass is 35.5. The molecular formula is C16H14Cl2N4OS2. The van der Waals surface area contributed by atoms with E-state index in [1.165, 1.54) is 0 Å². The van der Waals surface area contributed by atoms with Crippen molar-refractivity contribution in [1.82, 2.24) is 14.9 Å². The van der Waals surface area contributed by atoms with Gasteiger partial charge in [-0.05, 0) is 55.2 Å². The summed E-state index contributed by atoms with van der Waals surface area (Å²) in [6.07, 6.45) is 1.60. The lowest BCUT2D eigenvalue weighted by Gasteiger charge is -2.13. The van der Waals surface area contributed by atoms with E-state index >= 15 is 0 Å². The smallest absolute Gasteiger partial charge is 0.216 e. The standard InChI is InChI=1S/C16H14Cl2N4OS2/c1-9(2)23-14-11(17)6-10(7-12(14)18)8-19-22-15(20-21-16(22)24)13-4-3-5-25-13/h3-9H,1-2H3,(H,21,24)/b19-8-. The zero-order chi connectivity index (χ0) is 18.0. The monoisotopic (exact) mass is 412 g/mol. The SMILES string of the molecule is CC(C)Oc1c(Cl)cc(/C=N\n2c(-c3cccs3)n[nH]c2=S)cc1Cl. The lowest BCUT2D eigenvalue weighted by atomic mass is 10.2. The summed E-state index contributed by atoms with van der Waals surface area (Å²) in [7, 11) is 0. The molecule has 130 valence electrons. The van der Waals surface area contributed by atoms with E-state index in [2.05, 4.69) is 15.3 Å². The molecule has 9 heteroatoms. The number of thiophene rings is 1. The zero-order valence-electron chi connectivity index (χ0n) is 13.4. The second-order valence-electron chi connectivity index (χ2n) is 5.37. The van der Waals surface area contributed by atoms with E-state index < -0.39 is 0 Å². The van der Waals surface area contributed by atoms with E-state index in [1.807, 2.05) is 31.4 Å². The third kappa shape index (κ3) is 4.12. The van der Waals surface area contributed by atoms with Gasteiger partial charge in [-0.2, -0.15) is 14.9 Å². The van der Waals surface area contributed by atoms with Crippen molar-refractivity contribution in [3.63, 3.8) is 0 Å². The number of nitrogens with zero attached hydrogens (tertiary/aromatic N) is 3. The van der Waals surface area contributed by atoms with Crippen LogP contribution in [0.15, 0.2) is 34.7 Å². The average Bonchev–Trinajstić information content (AvgIpc) is 3.18. The van der Waals surface area contributed by atoms with Crippen LogP contribution in [-0.2, 0) is 0 Å². The van der Waals surface area contributed by atoms with Gasteiger partial charge in [-0.25, -0.2) is 5.10 Å². The normalized spacial score (nSPS) is 11.6. The molecule has 3 aromatic rings. The van der Waals surface area contributed by atoms with Gasteiger partial charge in [0.15, 0.2) is 11.6 Å². The minimum atomic E-state index is -0.0212. The lowest BCUT2D eigenvalue weighted by molar-refractivity contribution is 0.243. The first-order valence-electron chi connectivity index (χ1n) is 7.37. The molecule has 0 fully saturated rings. The van der Waals surface area contributed by atoms with Crippen molar-refractivity contribution in [2.45, 2.75) is 20.0 Å². The van der Waals surface area contributed by atoms with E-state index in [9.17, 15) is 0 Å². The van der Waals surface area contributed by atoms with Crippen molar-refractivity contribution in [1.29, 1.82) is 0 Å². The van der Waals surface area contributed by atoms with Gasteiger partial charge in [-0.1, -0.05) is 29.3 Å². The molecule has 0 spiro atoms. The summed E-state index contributed by atoms with van der Waals surface area (Å²) in [6, 6.07) is 7.37. The predicted octanol–water partition coefficient (Wildman–Crippen LogP) is 5.65. The number of H-pyrrole nitrogens is 1. The third-order valence-electron chi connectivity index (χ3n) is 3.09. The van der Waals surface area contributed by atoms with E-state index in [0.717, 1.165) is 10.4 Å². The van der Waals surface area contributed by atoms with Crippen LogP contribution in [0.25, 0.3) is 10.7 Å². The van der Waals surface area contributed by atoms with Gasteiger partial charge in [0, 0.05) is 0 Å². The highest BCUT2D eigenvalue weighted by Gasteiger charge is 2.12. The molecule has 0 radical (unpaired) electrons. The molecule has 25 heavy (non-hydrogen) atoms. The minimum absolute atomic E-state index is 0.0212. The van der Waals surface area contributed by atoms with Crippen molar-refractivity contribution < 1.29 is 4.74 Å². The van der Waals surface area contributed by atoms with Crippen LogP contribution in [0.4, 0.5) is 0 Å². The van der Waals surface area contributed by atoms with Crippen molar-refractivity contribution in [3.8, 4) is 16.5 Å². The molecule has 0 saturated carbocycles. The summed E-state index contributed by atoms with van der Waals surface area (Å²) in [5.41, 5.74) is 0.728. The molecule has 0 aliphatic heterocycles. The van der Waals surface area contributed by atoms with Crippen molar-refractivity contribution >= 4 is 53.0 Å². The molecule has 0 aliphatic carbocycles. The fraction of sp³-hybridized carbons (Fsp3) is 0.188. The van der Waals surface area contributed by atoms with E-state index in [0.29, 0.717) is 26.4 Å². The average molecular weight is 413 g/mol. The summed E-state index contributed by atoms with van der Waals surface area (Å²) in [5.74, 6) is 1.11. The predicted molar refractivity (Wildman–Crippen MR) is 106 cm³/mol. The van der Waals surface area contributed by atoms with E-state index in [1.54, 1.807) is 34.4 Å². The molecule has 3 rings (SSSR count). The number of rotatable bonds is 5. The fourth-order valence-corrected chi connectivity index (χ4v) is 3.56. The van der Waals surface area contributed by atoms with E-state index in [-0.39, 0.29) is 6.10 Å². The van der Waals surface area contributed by atoms with Crippen LogP contribution in [0.1, 0.15) is 19.4 Å². The minimum Gasteiger partial charge on any atom is -0.488 e. The van der Waals surface area contributed by atoms with Gasteiger partial charge in [-0.15, -0.1) is 11.3 Å². The molecule has 2 aromatic heterocycles. The Labute approximate surface area is 163 Å². The number of hydrogen-bond donors (Lipinski definition) is 1. The summed E-state index contributed by atoms with van der Waals surface area (Å²) in [6.45, 7) is 3.82. The van der Waals surface area contributed by atoms with Gasteiger partial charge in [-0.3, -0.25) is 0 Å². The Balaban J connectivity index is 1.94. The maximum Gasteiger partial charge on any atom is 0.216 e. The van der Waals surface area contributed by atoms with Crippen LogP contribution in [0.5, 0.6) is 5.75 Å². The molecule has 0 unspecified atom stereocenters. The topological polar surface area (TPSA) is 55.2 Å². The largest absolute Gasteiger partial charge is 0.488 e. The summed E-state index contributed by atoms with van der Waals surface area (Å²) >= 11 is 19.3. The summed E-state index contributed by atoms with van der Waals surface area (Å²) in [4.78, 5) is 0.959. The third-order valence-corrected chi connectivity index (χ3v) is 4.78. The second-order valence-corrected chi connectivity index (χ2v) is 7.52. The van der Waals surface area contributed by atoms with Gasteiger partial charge in [0.25, 0.3) is 0 Å². The first-order chi connectivity index (χ1) is 12.0. The Hall–Kier alpha value is -1.67. The number of aromatic nitrogens is 3. The Morgan fingerprint density at radius 1 is 1.36 bits per heavy atom. The molecular weight excluding hydrogens is 399 g/mol. The first kappa shape index (κ1) is 18.1. The zero-order valence-corrected chi connectivity index (χ0v) is 16.5.